The molecule has 28 heavy (non-hydrogen) atoms. The van der Waals surface area contributed by atoms with Crippen molar-refractivity contribution in [2.75, 3.05) is 31.6 Å². The molecule has 0 aliphatic carbocycles. The quantitative estimate of drug-likeness (QED) is 0.679. The first kappa shape index (κ1) is 20.9. The molecule has 2 aromatic rings. The number of carbonyl (C=O) groups is 1. The zero-order valence-corrected chi connectivity index (χ0v) is 17.6. The first-order chi connectivity index (χ1) is 13.3. The van der Waals surface area contributed by atoms with Crippen LogP contribution < -0.4 is 10.5 Å². The number of anilines is 1. The molecule has 1 fully saturated rings. The van der Waals surface area contributed by atoms with Crippen LogP contribution in [0.3, 0.4) is 0 Å². The van der Waals surface area contributed by atoms with Crippen LogP contribution in [0.4, 0.5) is 5.69 Å². The summed E-state index contributed by atoms with van der Waals surface area (Å²) < 4.78 is 29.4. The second-order valence-electron chi connectivity index (χ2n) is 6.58. The molecule has 7 nitrogen and oxygen atoms in total. The minimum Gasteiger partial charge on any atom is -0.371 e. The Balaban J connectivity index is 1.49. The van der Waals surface area contributed by atoms with Crippen LogP contribution in [0, 0.1) is 0 Å². The van der Waals surface area contributed by atoms with Crippen molar-refractivity contribution in [3.8, 4) is 0 Å². The summed E-state index contributed by atoms with van der Waals surface area (Å²) in [6.07, 6.45) is 0.333. The van der Waals surface area contributed by atoms with E-state index in [0.717, 1.165) is 23.1 Å². The summed E-state index contributed by atoms with van der Waals surface area (Å²) in [6.45, 7) is 2.76. The van der Waals surface area contributed by atoms with Gasteiger partial charge in [-0.25, -0.2) is 13.6 Å². The average Bonchev–Trinajstić information content (AvgIpc) is 2.67. The van der Waals surface area contributed by atoms with E-state index in [1.165, 1.54) is 24.3 Å². The van der Waals surface area contributed by atoms with Gasteiger partial charge in [-0.1, -0.05) is 28.1 Å². The highest BCUT2D eigenvalue weighted by atomic mass is 79.9. The van der Waals surface area contributed by atoms with Gasteiger partial charge in [-0.05, 0) is 42.0 Å². The Labute approximate surface area is 173 Å². The average molecular weight is 468 g/mol. The topological polar surface area (TPSA) is 102 Å². The lowest BCUT2D eigenvalue weighted by molar-refractivity contribution is -0.117. The van der Waals surface area contributed by atoms with Crippen molar-refractivity contribution < 1.29 is 17.9 Å². The number of nitrogens with two attached hydrogens (primary N) is 1. The predicted molar refractivity (Wildman–Crippen MR) is 110 cm³/mol. The third-order valence-corrected chi connectivity index (χ3v) is 5.97. The van der Waals surface area contributed by atoms with Crippen molar-refractivity contribution in [1.29, 1.82) is 0 Å². The summed E-state index contributed by atoms with van der Waals surface area (Å²) in [6, 6.07) is 13.8. The number of hydrogen-bond acceptors (Lipinski definition) is 5. The molecule has 1 unspecified atom stereocenters. The van der Waals surface area contributed by atoms with Gasteiger partial charge in [0, 0.05) is 36.2 Å². The van der Waals surface area contributed by atoms with Crippen LogP contribution in [0.5, 0.6) is 0 Å². The van der Waals surface area contributed by atoms with Crippen LogP contribution in [-0.2, 0) is 19.6 Å². The highest BCUT2D eigenvalue weighted by molar-refractivity contribution is 9.10. The van der Waals surface area contributed by atoms with Gasteiger partial charge in [-0.3, -0.25) is 9.69 Å². The van der Waals surface area contributed by atoms with E-state index in [9.17, 15) is 13.2 Å². The van der Waals surface area contributed by atoms with Crippen LogP contribution in [0.15, 0.2) is 57.9 Å². The minimum absolute atomic E-state index is 0.00401. The standard InChI is InChI=1S/C19H22BrN3O4S/c20-15-3-1-14(2-4-15)18-13-23(11-12-27-18)10-9-19(24)22-16-5-7-17(8-6-16)28(21,25)26/h1-8,18H,9-13H2,(H,22,24)(H2,21,25,26). The van der Waals surface area contributed by atoms with Gasteiger partial charge in [0.15, 0.2) is 0 Å². The number of rotatable bonds is 6. The number of amides is 1. The molecule has 150 valence electrons. The number of nitrogens with one attached hydrogen (secondary N) is 1. The smallest absolute Gasteiger partial charge is 0.238 e. The Kier molecular flexibility index (Phi) is 6.84. The van der Waals surface area contributed by atoms with Crippen molar-refractivity contribution in [2.45, 2.75) is 17.4 Å². The molecule has 0 spiro atoms. The Morgan fingerprint density at radius 2 is 1.86 bits per heavy atom. The summed E-state index contributed by atoms with van der Waals surface area (Å²) in [4.78, 5) is 14.4. The van der Waals surface area contributed by atoms with E-state index in [0.29, 0.717) is 25.3 Å². The van der Waals surface area contributed by atoms with E-state index >= 15 is 0 Å². The fraction of sp³-hybridized carbons (Fsp3) is 0.316. The van der Waals surface area contributed by atoms with Gasteiger partial charge in [0.05, 0.1) is 17.6 Å². The molecule has 3 N–H and O–H groups in total. The third kappa shape index (κ3) is 5.86. The van der Waals surface area contributed by atoms with Gasteiger partial charge in [0.25, 0.3) is 0 Å². The molecule has 1 aliphatic rings. The second-order valence-corrected chi connectivity index (χ2v) is 9.06. The zero-order valence-electron chi connectivity index (χ0n) is 15.2. The normalized spacial score (nSPS) is 18.0. The number of primary sulfonamides is 1. The number of morpholine rings is 1. The molecule has 0 radical (unpaired) electrons. The maximum absolute atomic E-state index is 12.2. The highest BCUT2D eigenvalue weighted by Crippen LogP contribution is 2.24. The number of ether oxygens (including phenoxy) is 1. The van der Waals surface area contributed by atoms with Crippen molar-refractivity contribution in [2.24, 2.45) is 5.14 Å². The fourth-order valence-corrected chi connectivity index (χ4v) is 3.78. The van der Waals surface area contributed by atoms with Crippen LogP contribution in [0.1, 0.15) is 18.1 Å². The van der Waals surface area contributed by atoms with Crippen LogP contribution in [-0.4, -0.2) is 45.5 Å². The number of benzene rings is 2. The Morgan fingerprint density at radius 1 is 1.18 bits per heavy atom. The molecular weight excluding hydrogens is 446 g/mol. The molecule has 1 aliphatic heterocycles. The van der Waals surface area contributed by atoms with Gasteiger partial charge in [-0.2, -0.15) is 0 Å². The first-order valence-corrected chi connectivity index (χ1v) is 11.2. The maximum atomic E-state index is 12.2. The number of hydrogen-bond donors (Lipinski definition) is 2. The molecule has 3 rings (SSSR count). The highest BCUT2D eigenvalue weighted by Gasteiger charge is 2.22. The molecule has 1 saturated heterocycles. The van der Waals surface area contributed by atoms with Crippen molar-refractivity contribution in [3.63, 3.8) is 0 Å². The Bertz CT molecular complexity index is 917. The summed E-state index contributed by atoms with van der Waals surface area (Å²) in [5.74, 6) is -0.130. The largest absolute Gasteiger partial charge is 0.371 e. The SMILES string of the molecule is NS(=O)(=O)c1ccc(NC(=O)CCN2CCOC(c3ccc(Br)cc3)C2)cc1. The summed E-state index contributed by atoms with van der Waals surface area (Å²) in [7, 11) is -3.74. The van der Waals surface area contributed by atoms with Gasteiger partial charge >= 0.3 is 0 Å². The van der Waals surface area contributed by atoms with E-state index in [1.807, 2.05) is 24.3 Å². The number of carbonyl (C=O) groups excluding carboxylic acids is 1. The van der Waals surface area contributed by atoms with E-state index in [-0.39, 0.29) is 16.9 Å². The van der Waals surface area contributed by atoms with E-state index in [4.69, 9.17) is 9.88 Å². The molecule has 1 amide bonds. The molecule has 1 atom stereocenters. The number of sulfonamides is 1. The van der Waals surface area contributed by atoms with Crippen LogP contribution >= 0.6 is 15.9 Å². The molecule has 0 saturated carbocycles. The van der Waals surface area contributed by atoms with Gasteiger partial charge in [-0.15, -0.1) is 0 Å². The Hall–Kier alpha value is -1.78. The molecular formula is C19H22BrN3O4S. The fourth-order valence-electron chi connectivity index (χ4n) is 3.00. The summed E-state index contributed by atoms with van der Waals surface area (Å²) in [5.41, 5.74) is 1.65. The van der Waals surface area contributed by atoms with Crippen molar-refractivity contribution >= 4 is 37.5 Å². The van der Waals surface area contributed by atoms with E-state index in [1.54, 1.807) is 0 Å². The Morgan fingerprint density at radius 3 is 2.50 bits per heavy atom. The predicted octanol–water partition coefficient (Wildman–Crippen LogP) is 2.50. The van der Waals surface area contributed by atoms with Gasteiger partial charge in [0.1, 0.15) is 0 Å². The lowest BCUT2D eigenvalue weighted by Gasteiger charge is -2.33. The maximum Gasteiger partial charge on any atom is 0.238 e. The molecule has 2 aromatic carbocycles. The summed E-state index contributed by atoms with van der Waals surface area (Å²) in [5, 5.41) is 7.84. The van der Waals surface area contributed by atoms with Gasteiger partial charge < -0.3 is 10.1 Å². The van der Waals surface area contributed by atoms with Crippen molar-refractivity contribution in [3.05, 3.63) is 58.6 Å². The first-order valence-electron chi connectivity index (χ1n) is 8.83. The van der Waals surface area contributed by atoms with E-state index < -0.39 is 10.0 Å². The third-order valence-electron chi connectivity index (χ3n) is 4.51. The lowest BCUT2D eigenvalue weighted by atomic mass is 10.1. The van der Waals surface area contributed by atoms with Crippen LogP contribution in [0.2, 0.25) is 0 Å². The monoisotopic (exact) mass is 467 g/mol. The van der Waals surface area contributed by atoms with Crippen LogP contribution in [0.25, 0.3) is 0 Å². The molecule has 0 aromatic heterocycles. The molecule has 1 heterocycles. The summed E-state index contributed by atoms with van der Waals surface area (Å²) >= 11 is 3.43. The molecule has 9 heteroatoms. The van der Waals surface area contributed by atoms with E-state index in [2.05, 4.69) is 26.1 Å². The lowest BCUT2D eigenvalue weighted by Crippen LogP contribution is -2.39. The number of nitrogens with zero attached hydrogens (tertiary/aromatic N) is 1. The van der Waals surface area contributed by atoms with Crippen molar-refractivity contribution in [1.82, 2.24) is 4.90 Å². The second kappa shape index (κ2) is 9.15. The zero-order chi connectivity index (χ0) is 20.1. The minimum atomic E-state index is -3.74. The number of halogens is 1. The molecule has 0 bridgehead atoms. The van der Waals surface area contributed by atoms with Gasteiger partial charge in [0.2, 0.25) is 15.9 Å².